The fourth-order valence-electron chi connectivity index (χ4n) is 1.53. The summed E-state index contributed by atoms with van der Waals surface area (Å²) >= 11 is 3.38. The molecule has 2 rings (SSSR count). The SMILES string of the molecule is [N-]=[N+]=NC1CCOc2ccc(Br)cc21. The van der Waals surface area contributed by atoms with Gasteiger partial charge >= 0.3 is 0 Å². The van der Waals surface area contributed by atoms with Crippen molar-refractivity contribution in [2.45, 2.75) is 12.5 Å². The minimum Gasteiger partial charge on any atom is -0.493 e. The van der Waals surface area contributed by atoms with Crippen LogP contribution in [-0.4, -0.2) is 6.61 Å². The van der Waals surface area contributed by atoms with E-state index in [1.54, 1.807) is 0 Å². The Morgan fingerprint density at radius 3 is 3.21 bits per heavy atom. The quantitative estimate of drug-likeness (QED) is 0.429. The first-order valence-corrected chi connectivity index (χ1v) is 5.07. The number of hydrogen-bond donors (Lipinski definition) is 0. The fraction of sp³-hybridized carbons (Fsp3) is 0.333. The van der Waals surface area contributed by atoms with Crippen molar-refractivity contribution in [3.8, 4) is 5.75 Å². The van der Waals surface area contributed by atoms with E-state index in [0.717, 1.165) is 22.2 Å². The first-order chi connectivity index (χ1) is 6.81. The zero-order valence-corrected chi connectivity index (χ0v) is 8.94. The van der Waals surface area contributed by atoms with Gasteiger partial charge in [0.05, 0.1) is 12.6 Å². The number of azide groups is 1. The van der Waals surface area contributed by atoms with Gasteiger partial charge in [-0.3, -0.25) is 0 Å². The van der Waals surface area contributed by atoms with Crippen LogP contribution in [-0.2, 0) is 0 Å². The van der Waals surface area contributed by atoms with Crippen LogP contribution in [0.15, 0.2) is 27.8 Å². The Hall–Kier alpha value is -1.19. The summed E-state index contributed by atoms with van der Waals surface area (Å²) in [4.78, 5) is 2.84. The summed E-state index contributed by atoms with van der Waals surface area (Å²) in [5, 5.41) is 3.75. The van der Waals surface area contributed by atoms with Gasteiger partial charge in [-0.05, 0) is 30.2 Å². The van der Waals surface area contributed by atoms with E-state index in [2.05, 4.69) is 26.0 Å². The molecule has 1 aliphatic heterocycles. The summed E-state index contributed by atoms with van der Waals surface area (Å²) in [5.74, 6) is 0.817. The van der Waals surface area contributed by atoms with Gasteiger partial charge in [0.1, 0.15) is 5.75 Å². The standard InChI is InChI=1S/C9H8BrN3O/c10-6-1-2-9-7(5-6)8(12-13-11)3-4-14-9/h1-2,5,8H,3-4H2. The van der Waals surface area contributed by atoms with Crippen molar-refractivity contribution in [3.05, 3.63) is 38.7 Å². The normalized spacial score (nSPS) is 19.1. The Morgan fingerprint density at radius 1 is 1.57 bits per heavy atom. The van der Waals surface area contributed by atoms with Crippen LogP contribution in [0.1, 0.15) is 18.0 Å². The molecule has 0 spiro atoms. The summed E-state index contributed by atoms with van der Waals surface area (Å²) in [5.41, 5.74) is 9.38. The number of ether oxygens (including phenoxy) is 1. The minimum atomic E-state index is -0.0961. The predicted molar refractivity (Wildman–Crippen MR) is 56.1 cm³/mol. The highest BCUT2D eigenvalue weighted by Gasteiger charge is 2.20. The van der Waals surface area contributed by atoms with E-state index in [1.165, 1.54) is 0 Å². The average Bonchev–Trinajstić information content (AvgIpc) is 2.19. The molecule has 0 amide bonds. The summed E-state index contributed by atoms with van der Waals surface area (Å²) < 4.78 is 6.42. The predicted octanol–water partition coefficient (Wildman–Crippen LogP) is 3.58. The zero-order valence-electron chi connectivity index (χ0n) is 7.35. The Kier molecular flexibility index (Phi) is 2.61. The lowest BCUT2D eigenvalue weighted by atomic mass is 10.0. The van der Waals surface area contributed by atoms with Gasteiger partial charge in [0.15, 0.2) is 0 Å². The molecule has 0 radical (unpaired) electrons. The third-order valence-corrected chi connectivity index (χ3v) is 2.66. The summed E-state index contributed by atoms with van der Waals surface area (Å²) in [7, 11) is 0. The Labute approximate surface area is 89.6 Å². The second kappa shape index (κ2) is 3.90. The molecule has 0 aromatic heterocycles. The van der Waals surface area contributed by atoms with E-state index in [1.807, 2.05) is 18.2 Å². The number of hydrogen-bond acceptors (Lipinski definition) is 2. The smallest absolute Gasteiger partial charge is 0.122 e. The van der Waals surface area contributed by atoms with Crippen LogP contribution < -0.4 is 4.74 Å². The van der Waals surface area contributed by atoms with Crippen LogP contribution in [0.3, 0.4) is 0 Å². The van der Waals surface area contributed by atoms with Crippen molar-refractivity contribution in [3.63, 3.8) is 0 Å². The summed E-state index contributed by atoms with van der Waals surface area (Å²) in [6.07, 6.45) is 0.744. The second-order valence-electron chi connectivity index (χ2n) is 3.04. The van der Waals surface area contributed by atoms with Gasteiger partial charge in [-0.25, -0.2) is 0 Å². The maximum Gasteiger partial charge on any atom is 0.122 e. The van der Waals surface area contributed by atoms with Gasteiger partial charge in [0.25, 0.3) is 0 Å². The fourth-order valence-corrected chi connectivity index (χ4v) is 1.91. The van der Waals surface area contributed by atoms with Crippen molar-refractivity contribution in [1.82, 2.24) is 0 Å². The molecule has 72 valence electrons. The molecule has 0 aliphatic carbocycles. The molecule has 4 nitrogen and oxygen atoms in total. The highest BCUT2D eigenvalue weighted by molar-refractivity contribution is 9.10. The van der Waals surface area contributed by atoms with Crippen LogP contribution in [0.2, 0.25) is 0 Å². The molecule has 14 heavy (non-hydrogen) atoms. The maximum atomic E-state index is 8.42. The lowest BCUT2D eigenvalue weighted by molar-refractivity contribution is 0.269. The largest absolute Gasteiger partial charge is 0.493 e. The first kappa shape index (κ1) is 9.37. The molecule has 0 saturated heterocycles. The van der Waals surface area contributed by atoms with E-state index < -0.39 is 0 Å². The second-order valence-corrected chi connectivity index (χ2v) is 3.96. The van der Waals surface area contributed by atoms with Gasteiger partial charge < -0.3 is 4.74 Å². The molecule has 0 saturated carbocycles. The van der Waals surface area contributed by atoms with Crippen LogP contribution in [0.4, 0.5) is 0 Å². The molecule has 1 aliphatic rings. The average molecular weight is 254 g/mol. The third kappa shape index (κ3) is 1.69. The Bertz CT molecular complexity index is 401. The number of halogens is 1. The van der Waals surface area contributed by atoms with Gasteiger partial charge in [0.2, 0.25) is 0 Å². The van der Waals surface area contributed by atoms with Crippen molar-refractivity contribution in [2.24, 2.45) is 5.11 Å². The molecule has 1 aromatic rings. The maximum absolute atomic E-state index is 8.42. The highest BCUT2D eigenvalue weighted by Crippen LogP contribution is 2.36. The molecule has 1 heterocycles. The van der Waals surface area contributed by atoms with Gasteiger partial charge in [0, 0.05) is 14.9 Å². The third-order valence-electron chi connectivity index (χ3n) is 2.17. The molecule has 0 N–H and O–H groups in total. The van der Waals surface area contributed by atoms with Crippen molar-refractivity contribution in [2.75, 3.05) is 6.61 Å². The molecule has 1 aromatic carbocycles. The minimum absolute atomic E-state index is 0.0961. The van der Waals surface area contributed by atoms with Gasteiger partial charge in [-0.15, -0.1) is 0 Å². The van der Waals surface area contributed by atoms with Crippen molar-refractivity contribution >= 4 is 15.9 Å². The molecule has 1 atom stereocenters. The number of fused-ring (bicyclic) bond motifs is 1. The van der Waals surface area contributed by atoms with Crippen LogP contribution in [0.25, 0.3) is 10.4 Å². The van der Waals surface area contributed by atoms with Crippen molar-refractivity contribution in [1.29, 1.82) is 0 Å². The Morgan fingerprint density at radius 2 is 2.43 bits per heavy atom. The topological polar surface area (TPSA) is 58.0 Å². The van der Waals surface area contributed by atoms with Crippen LogP contribution in [0, 0.1) is 0 Å². The molecular formula is C9H8BrN3O. The molecule has 0 fully saturated rings. The van der Waals surface area contributed by atoms with Crippen molar-refractivity contribution < 1.29 is 4.74 Å². The first-order valence-electron chi connectivity index (χ1n) is 4.27. The zero-order chi connectivity index (χ0) is 9.97. The van der Waals surface area contributed by atoms with E-state index in [9.17, 15) is 0 Å². The van der Waals surface area contributed by atoms with Crippen LogP contribution >= 0.6 is 15.9 Å². The number of rotatable bonds is 1. The van der Waals surface area contributed by atoms with E-state index in [0.29, 0.717) is 6.61 Å². The lowest BCUT2D eigenvalue weighted by Gasteiger charge is -2.22. The van der Waals surface area contributed by atoms with E-state index in [-0.39, 0.29) is 6.04 Å². The number of benzene rings is 1. The molecular weight excluding hydrogens is 246 g/mol. The van der Waals surface area contributed by atoms with E-state index >= 15 is 0 Å². The number of nitrogens with zero attached hydrogens (tertiary/aromatic N) is 3. The Balaban J connectivity index is 2.46. The van der Waals surface area contributed by atoms with Crippen LogP contribution in [0.5, 0.6) is 5.75 Å². The van der Waals surface area contributed by atoms with E-state index in [4.69, 9.17) is 10.3 Å². The summed E-state index contributed by atoms with van der Waals surface area (Å²) in [6, 6.07) is 5.64. The van der Waals surface area contributed by atoms with Gasteiger partial charge in [-0.2, -0.15) is 0 Å². The summed E-state index contributed by atoms with van der Waals surface area (Å²) in [6.45, 7) is 0.609. The monoisotopic (exact) mass is 253 g/mol. The van der Waals surface area contributed by atoms with Gasteiger partial charge in [-0.1, -0.05) is 21.0 Å². The molecule has 0 bridgehead atoms. The highest BCUT2D eigenvalue weighted by atomic mass is 79.9. The molecule has 1 unspecified atom stereocenters. The molecule has 5 heteroatoms. The lowest BCUT2D eigenvalue weighted by Crippen LogP contribution is -2.12.